The molecule has 3 N–H and O–H groups in total. The number of rotatable bonds is 6. The van der Waals surface area contributed by atoms with Crippen LogP contribution in [-0.2, 0) is 20.1 Å². The summed E-state index contributed by atoms with van der Waals surface area (Å²) in [6.07, 6.45) is 2.62. The Balaban J connectivity index is 0.000000682. The Bertz CT molecular complexity index is 2040. The van der Waals surface area contributed by atoms with Crippen molar-refractivity contribution in [1.82, 2.24) is 18.5 Å². The first kappa shape index (κ1) is 30.7. The number of hydrogen-bond donors (Lipinski definition) is 2. The van der Waals surface area contributed by atoms with Gasteiger partial charge in [0, 0.05) is 27.8 Å². The van der Waals surface area contributed by atoms with Gasteiger partial charge in [-0.3, -0.25) is 4.55 Å². The summed E-state index contributed by atoms with van der Waals surface area (Å²) in [5, 5.41) is -0.0937. The predicted molar refractivity (Wildman–Crippen MR) is 166 cm³/mol. The molecule has 0 amide bonds. The van der Waals surface area contributed by atoms with Crippen molar-refractivity contribution >= 4 is 48.7 Å². The van der Waals surface area contributed by atoms with Gasteiger partial charge in [-0.25, -0.2) is 26.7 Å². The van der Waals surface area contributed by atoms with Crippen LogP contribution in [0.4, 0.5) is 10.3 Å². The van der Waals surface area contributed by atoms with Gasteiger partial charge in [-0.1, -0.05) is 29.8 Å². The molecule has 0 unspecified atom stereocenters. The molecule has 2 aromatic heterocycles. The summed E-state index contributed by atoms with van der Waals surface area (Å²) >= 11 is 6.15. The maximum absolute atomic E-state index is 15.2. The van der Waals surface area contributed by atoms with E-state index in [0.717, 1.165) is 22.4 Å². The van der Waals surface area contributed by atoms with E-state index in [1.807, 2.05) is 18.2 Å². The number of anilines is 1. The molecule has 0 radical (unpaired) electrons. The Kier molecular flexibility index (Phi) is 8.11. The highest BCUT2D eigenvalue weighted by Gasteiger charge is 2.33. The van der Waals surface area contributed by atoms with E-state index in [1.165, 1.54) is 6.07 Å². The van der Waals surface area contributed by atoms with E-state index in [4.69, 9.17) is 26.9 Å². The molecule has 0 spiro atoms. The summed E-state index contributed by atoms with van der Waals surface area (Å²) in [6.45, 7) is 3.20. The monoisotopic (exact) mass is 645 g/mol. The van der Waals surface area contributed by atoms with Crippen LogP contribution in [0.3, 0.4) is 0 Å². The van der Waals surface area contributed by atoms with E-state index in [9.17, 15) is 16.8 Å². The zero-order valence-corrected chi connectivity index (χ0v) is 25.8. The van der Waals surface area contributed by atoms with Crippen LogP contribution in [0.5, 0.6) is 0 Å². The number of halogens is 2. The summed E-state index contributed by atoms with van der Waals surface area (Å²) in [7, 11) is -7.45. The van der Waals surface area contributed by atoms with E-state index in [1.54, 1.807) is 56.3 Å². The molecule has 1 aliphatic rings. The number of nitrogens with zero attached hydrogens (tertiary/aromatic N) is 4. The average molecular weight is 646 g/mol. The van der Waals surface area contributed by atoms with Crippen molar-refractivity contribution in [3.8, 4) is 33.9 Å². The second kappa shape index (κ2) is 11.4. The SMILES string of the molecule is CC(C)S(=O)(=O)n1c(N)nc2ccc(-c3c(-c4ccccc4F)nc(-c4ccc(Cl)cc4)n3C3CC3)cc21.CS(=O)(=O)O. The van der Waals surface area contributed by atoms with Crippen molar-refractivity contribution in [3.63, 3.8) is 0 Å². The highest BCUT2D eigenvalue weighted by molar-refractivity contribution is 7.90. The van der Waals surface area contributed by atoms with Crippen molar-refractivity contribution in [2.75, 3.05) is 12.0 Å². The van der Waals surface area contributed by atoms with E-state index in [2.05, 4.69) is 9.55 Å². The molecule has 0 atom stereocenters. The molecule has 5 aromatic rings. The molecule has 1 saturated carbocycles. The third-order valence-corrected chi connectivity index (χ3v) is 9.15. The van der Waals surface area contributed by atoms with Gasteiger partial charge in [-0.05, 0) is 75.2 Å². The summed E-state index contributed by atoms with van der Waals surface area (Å²) in [5.41, 5.74) is 9.99. The Morgan fingerprint density at radius 2 is 1.58 bits per heavy atom. The van der Waals surface area contributed by atoms with Crippen LogP contribution in [-0.4, -0.2) is 51.4 Å². The predicted octanol–water partition coefficient (Wildman–Crippen LogP) is 6.03. The lowest BCUT2D eigenvalue weighted by molar-refractivity contribution is 0.490. The van der Waals surface area contributed by atoms with Crippen LogP contribution < -0.4 is 5.73 Å². The first-order valence-electron chi connectivity index (χ1n) is 13.2. The number of nitrogens with two attached hydrogens (primary N) is 1. The Labute approximate surface area is 253 Å². The fourth-order valence-corrected chi connectivity index (χ4v) is 6.01. The zero-order valence-electron chi connectivity index (χ0n) is 23.4. The highest BCUT2D eigenvalue weighted by Crippen LogP contribution is 2.46. The molecular weight excluding hydrogens is 617 g/mol. The summed E-state index contributed by atoms with van der Waals surface area (Å²) in [5.74, 6) is 0.202. The normalized spacial score (nSPS) is 13.7. The summed E-state index contributed by atoms with van der Waals surface area (Å²) in [4.78, 5) is 9.27. The Morgan fingerprint density at radius 1 is 0.977 bits per heavy atom. The molecule has 2 heterocycles. The van der Waals surface area contributed by atoms with Crippen LogP contribution in [0.15, 0.2) is 66.7 Å². The fraction of sp³-hybridized carbons (Fsp3) is 0.241. The third kappa shape index (κ3) is 6.30. The smallest absolute Gasteiger partial charge is 0.261 e. The largest absolute Gasteiger partial charge is 0.368 e. The first-order chi connectivity index (χ1) is 20.2. The number of imidazole rings is 2. The molecule has 6 rings (SSSR count). The number of nitrogen functional groups attached to an aromatic ring is 1. The summed E-state index contributed by atoms with van der Waals surface area (Å²) < 4.78 is 70.6. The van der Waals surface area contributed by atoms with E-state index in [0.29, 0.717) is 50.7 Å². The van der Waals surface area contributed by atoms with Gasteiger partial charge in [0.25, 0.3) is 10.1 Å². The average Bonchev–Trinajstić information content (AvgIpc) is 3.59. The molecule has 226 valence electrons. The molecule has 0 aliphatic heterocycles. The van der Waals surface area contributed by atoms with E-state index in [-0.39, 0.29) is 12.0 Å². The number of hydrogen-bond acceptors (Lipinski definition) is 7. The van der Waals surface area contributed by atoms with Gasteiger partial charge in [0.15, 0.2) is 0 Å². The maximum Gasteiger partial charge on any atom is 0.261 e. The standard InChI is InChI=1S/C28H25ClFN5O2S.CH4O3S/c1-16(2)38(36,37)35-24-15-18(9-14-23(24)32-28(35)31)26-25(21-5-3-4-6-22(21)30)33-27(34(26)20-12-13-20)17-7-10-19(29)11-8-17;1-5(2,3)4/h3-11,14-16,20H,12-13H2,1-2H3,(H2,31,32);1H3,(H,2,3,4). The minimum absolute atomic E-state index is 0.0993. The van der Waals surface area contributed by atoms with Crippen molar-refractivity contribution in [3.05, 3.63) is 77.6 Å². The lowest BCUT2D eigenvalue weighted by Crippen LogP contribution is -2.23. The second-order valence-electron chi connectivity index (χ2n) is 10.5. The molecule has 10 nitrogen and oxygen atoms in total. The zero-order chi connectivity index (χ0) is 31.3. The van der Waals surface area contributed by atoms with Crippen molar-refractivity contribution in [1.29, 1.82) is 0 Å². The van der Waals surface area contributed by atoms with Gasteiger partial charge in [0.05, 0.1) is 33.9 Å². The molecule has 0 saturated heterocycles. The van der Waals surface area contributed by atoms with Crippen LogP contribution in [0.2, 0.25) is 5.02 Å². The van der Waals surface area contributed by atoms with Gasteiger partial charge in [0.2, 0.25) is 16.0 Å². The molecular formula is C29H29ClFN5O5S2. The van der Waals surface area contributed by atoms with Crippen LogP contribution in [0.25, 0.3) is 44.9 Å². The maximum atomic E-state index is 15.2. The highest BCUT2D eigenvalue weighted by atomic mass is 35.5. The molecule has 1 fully saturated rings. The van der Waals surface area contributed by atoms with Crippen molar-refractivity contribution < 1.29 is 25.8 Å². The van der Waals surface area contributed by atoms with Crippen molar-refractivity contribution in [2.45, 2.75) is 38.0 Å². The molecule has 14 heteroatoms. The Morgan fingerprint density at radius 3 is 2.16 bits per heavy atom. The quantitative estimate of drug-likeness (QED) is 0.212. The van der Waals surface area contributed by atoms with E-state index >= 15 is 4.39 Å². The van der Waals surface area contributed by atoms with Gasteiger partial charge >= 0.3 is 0 Å². The summed E-state index contributed by atoms with van der Waals surface area (Å²) in [6, 6.07) is 19.4. The Hall–Kier alpha value is -3.78. The molecule has 0 bridgehead atoms. The molecule has 3 aromatic carbocycles. The fourth-order valence-electron chi connectivity index (χ4n) is 4.74. The number of fused-ring (bicyclic) bond motifs is 1. The lowest BCUT2D eigenvalue weighted by Gasteiger charge is -2.14. The van der Waals surface area contributed by atoms with Gasteiger partial charge < -0.3 is 10.3 Å². The van der Waals surface area contributed by atoms with Crippen LogP contribution >= 0.6 is 11.6 Å². The van der Waals surface area contributed by atoms with Crippen LogP contribution in [0, 0.1) is 5.82 Å². The molecule has 1 aliphatic carbocycles. The van der Waals surface area contributed by atoms with Crippen LogP contribution in [0.1, 0.15) is 32.7 Å². The second-order valence-corrected chi connectivity index (χ2v) is 14.7. The third-order valence-electron chi connectivity index (χ3n) is 6.82. The first-order valence-corrected chi connectivity index (χ1v) is 17.0. The number of aromatic nitrogens is 4. The molecule has 43 heavy (non-hydrogen) atoms. The van der Waals surface area contributed by atoms with Crippen molar-refractivity contribution in [2.24, 2.45) is 0 Å². The lowest BCUT2D eigenvalue weighted by atomic mass is 10.0. The van der Waals surface area contributed by atoms with Gasteiger partial charge in [0.1, 0.15) is 11.6 Å². The minimum atomic E-state index is -3.78. The minimum Gasteiger partial charge on any atom is -0.368 e. The topological polar surface area (TPSA) is 150 Å². The number of benzene rings is 3. The van der Waals surface area contributed by atoms with Gasteiger partial charge in [-0.2, -0.15) is 8.42 Å². The van der Waals surface area contributed by atoms with Gasteiger partial charge in [-0.15, -0.1) is 0 Å². The van der Waals surface area contributed by atoms with E-state index < -0.39 is 31.2 Å².